The summed E-state index contributed by atoms with van der Waals surface area (Å²) in [5.41, 5.74) is -0.129. The van der Waals surface area contributed by atoms with Crippen LogP contribution in [-0.4, -0.2) is 29.2 Å². The van der Waals surface area contributed by atoms with Gasteiger partial charge in [-0.25, -0.2) is 13.2 Å². The fourth-order valence-corrected chi connectivity index (χ4v) is 5.50. The summed E-state index contributed by atoms with van der Waals surface area (Å²) < 4.78 is 29.0. The van der Waals surface area contributed by atoms with E-state index < -0.39 is 27.3 Å². The average Bonchev–Trinajstić information content (AvgIpc) is 2.65. The van der Waals surface area contributed by atoms with E-state index in [4.69, 9.17) is 0 Å². The first-order chi connectivity index (χ1) is 13.3. The van der Waals surface area contributed by atoms with Gasteiger partial charge in [-0.2, -0.15) is 4.31 Å². The molecule has 0 radical (unpaired) electrons. The van der Waals surface area contributed by atoms with E-state index >= 15 is 0 Å². The van der Waals surface area contributed by atoms with Crippen molar-refractivity contribution in [1.82, 2.24) is 14.3 Å². The monoisotopic (exact) mass is 465 g/mol. The molecular weight excluding hydrogens is 446 g/mol. The van der Waals surface area contributed by atoms with Gasteiger partial charge in [0.2, 0.25) is 10.0 Å². The zero-order chi connectivity index (χ0) is 20.5. The molecule has 0 saturated carbocycles. The largest absolute Gasteiger partial charge is 0.326 e. The average molecular weight is 466 g/mol. The maximum atomic E-state index is 13.4. The van der Waals surface area contributed by atoms with E-state index in [0.29, 0.717) is 13.0 Å². The highest BCUT2D eigenvalue weighted by Crippen LogP contribution is 2.32. The number of hydrogen-bond acceptors (Lipinski definition) is 4. The van der Waals surface area contributed by atoms with Crippen molar-refractivity contribution < 1.29 is 8.42 Å². The third-order valence-electron chi connectivity index (χ3n) is 4.55. The zero-order valence-electron chi connectivity index (χ0n) is 15.4. The van der Waals surface area contributed by atoms with E-state index in [-0.39, 0.29) is 15.8 Å². The van der Waals surface area contributed by atoms with Crippen LogP contribution in [0.4, 0.5) is 0 Å². The van der Waals surface area contributed by atoms with Crippen molar-refractivity contribution in [3.05, 3.63) is 73.3 Å². The standard InChI is InChI=1S/C19H20BrN3O4S/c1-3-10-23(12(2)14-6-4-5-7-16(14)20)28(26,27)13-8-9-17-15(11-13)18(24)22-19(25)21-17/h4-9,11-12H,3,10H2,1-2H3,(H2,21,22,24,25). The predicted octanol–water partition coefficient (Wildman–Crippen LogP) is 3.14. The van der Waals surface area contributed by atoms with Gasteiger partial charge >= 0.3 is 5.69 Å². The summed E-state index contributed by atoms with van der Waals surface area (Å²) in [6.45, 7) is 4.06. The van der Waals surface area contributed by atoms with Gasteiger partial charge in [-0.3, -0.25) is 9.78 Å². The van der Waals surface area contributed by atoms with Crippen LogP contribution in [0.3, 0.4) is 0 Å². The van der Waals surface area contributed by atoms with Gasteiger partial charge < -0.3 is 4.98 Å². The number of aromatic nitrogens is 2. The second-order valence-corrected chi connectivity index (χ2v) is 9.17. The summed E-state index contributed by atoms with van der Waals surface area (Å²) in [5, 5.41) is 0.116. The molecule has 0 amide bonds. The number of H-pyrrole nitrogens is 2. The van der Waals surface area contributed by atoms with Crippen LogP contribution in [0.25, 0.3) is 10.9 Å². The quantitative estimate of drug-likeness (QED) is 0.583. The SMILES string of the molecule is CCCN(C(C)c1ccccc1Br)S(=O)(=O)c1ccc2[nH]c(=O)[nH]c(=O)c2c1. The highest BCUT2D eigenvalue weighted by atomic mass is 79.9. The minimum absolute atomic E-state index is 0.00454. The molecule has 0 aliphatic rings. The summed E-state index contributed by atoms with van der Waals surface area (Å²) >= 11 is 3.49. The second-order valence-electron chi connectivity index (χ2n) is 6.43. The fourth-order valence-electron chi connectivity index (χ4n) is 3.15. The number of aromatic amines is 2. The lowest BCUT2D eigenvalue weighted by Crippen LogP contribution is -2.34. The molecule has 1 heterocycles. The Balaban J connectivity index is 2.12. The van der Waals surface area contributed by atoms with E-state index in [2.05, 4.69) is 25.9 Å². The first kappa shape index (κ1) is 20.5. The lowest BCUT2D eigenvalue weighted by atomic mass is 10.1. The molecule has 28 heavy (non-hydrogen) atoms. The summed E-state index contributed by atoms with van der Waals surface area (Å²) in [4.78, 5) is 28.1. The lowest BCUT2D eigenvalue weighted by Gasteiger charge is -2.29. The molecule has 3 rings (SSSR count). The molecule has 0 spiro atoms. The predicted molar refractivity (Wildman–Crippen MR) is 112 cm³/mol. The van der Waals surface area contributed by atoms with Crippen molar-refractivity contribution in [1.29, 1.82) is 0 Å². The van der Waals surface area contributed by atoms with Crippen molar-refractivity contribution >= 4 is 36.9 Å². The van der Waals surface area contributed by atoms with Crippen molar-refractivity contribution in [3.63, 3.8) is 0 Å². The number of benzene rings is 2. The van der Waals surface area contributed by atoms with Crippen LogP contribution in [0.15, 0.2) is 61.4 Å². The molecule has 1 atom stereocenters. The third kappa shape index (κ3) is 3.82. The number of sulfonamides is 1. The Morgan fingerprint density at radius 1 is 1.11 bits per heavy atom. The van der Waals surface area contributed by atoms with E-state index in [9.17, 15) is 18.0 Å². The van der Waals surface area contributed by atoms with Gasteiger partial charge in [0.25, 0.3) is 5.56 Å². The van der Waals surface area contributed by atoms with Crippen LogP contribution < -0.4 is 11.2 Å². The Kier molecular flexibility index (Phi) is 5.87. The molecule has 1 unspecified atom stereocenters. The first-order valence-corrected chi connectivity index (χ1v) is 11.0. The summed E-state index contributed by atoms with van der Waals surface area (Å²) in [7, 11) is -3.88. The van der Waals surface area contributed by atoms with Gasteiger partial charge in [-0.1, -0.05) is 41.1 Å². The highest BCUT2D eigenvalue weighted by Gasteiger charge is 2.30. The van der Waals surface area contributed by atoms with Crippen LogP contribution in [0.1, 0.15) is 31.9 Å². The molecule has 0 aliphatic carbocycles. The molecule has 9 heteroatoms. The van der Waals surface area contributed by atoms with Crippen LogP contribution >= 0.6 is 15.9 Å². The van der Waals surface area contributed by atoms with Crippen LogP contribution in [0.5, 0.6) is 0 Å². The summed E-state index contributed by atoms with van der Waals surface area (Å²) in [6.07, 6.45) is 0.634. The first-order valence-electron chi connectivity index (χ1n) is 8.78. The van der Waals surface area contributed by atoms with Crippen molar-refractivity contribution in [2.24, 2.45) is 0 Å². The lowest BCUT2D eigenvalue weighted by molar-refractivity contribution is 0.341. The third-order valence-corrected chi connectivity index (χ3v) is 7.24. The zero-order valence-corrected chi connectivity index (χ0v) is 17.8. The van der Waals surface area contributed by atoms with Crippen molar-refractivity contribution in [2.75, 3.05) is 6.54 Å². The molecule has 0 fully saturated rings. The Labute approximate surface area is 170 Å². The highest BCUT2D eigenvalue weighted by molar-refractivity contribution is 9.10. The fraction of sp³-hybridized carbons (Fsp3) is 0.263. The minimum atomic E-state index is -3.88. The summed E-state index contributed by atoms with van der Waals surface area (Å²) in [5.74, 6) is 0. The Morgan fingerprint density at radius 2 is 1.82 bits per heavy atom. The molecule has 3 aromatic rings. The maximum absolute atomic E-state index is 13.4. The molecule has 148 valence electrons. The van der Waals surface area contributed by atoms with Crippen LogP contribution in [0.2, 0.25) is 0 Å². The number of hydrogen-bond donors (Lipinski definition) is 2. The van der Waals surface area contributed by atoms with Crippen LogP contribution in [-0.2, 0) is 10.0 Å². The Morgan fingerprint density at radius 3 is 2.50 bits per heavy atom. The Bertz CT molecular complexity index is 1230. The van der Waals surface area contributed by atoms with Crippen molar-refractivity contribution in [2.45, 2.75) is 31.2 Å². The smallest absolute Gasteiger partial charge is 0.307 e. The molecule has 2 aromatic carbocycles. The number of nitrogens with zero attached hydrogens (tertiary/aromatic N) is 1. The van der Waals surface area contributed by atoms with Gasteiger partial charge in [0.1, 0.15) is 0 Å². The number of nitrogens with one attached hydrogen (secondary N) is 2. The molecule has 7 nitrogen and oxygen atoms in total. The normalized spacial score (nSPS) is 13.1. The van der Waals surface area contributed by atoms with Gasteiger partial charge in [-0.05, 0) is 43.2 Å². The van der Waals surface area contributed by atoms with Gasteiger partial charge in [0.05, 0.1) is 15.8 Å². The minimum Gasteiger partial charge on any atom is -0.307 e. The topological polar surface area (TPSA) is 103 Å². The van der Waals surface area contributed by atoms with E-state index in [1.54, 1.807) is 0 Å². The molecule has 1 aromatic heterocycles. The van der Waals surface area contributed by atoms with Gasteiger partial charge in [0.15, 0.2) is 0 Å². The number of rotatable bonds is 6. The number of halogens is 1. The van der Waals surface area contributed by atoms with Crippen LogP contribution in [0, 0.1) is 0 Å². The van der Waals surface area contributed by atoms with Crippen molar-refractivity contribution in [3.8, 4) is 0 Å². The maximum Gasteiger partial charge on any atom is 0.326 e. The van der Waals surface area contributed by atoms with E-state index in [0.717, 1.165) is 10.0 Å². The van der Waals surface area contributed by atoms with Gasteiger partial charge in [-0.15, -0.1) is 0 Å². The van der Waals surface area contributed by atoms with E-state index in [1.807, 2.05) is 38.1 Å². The Hall–Kier alpha value is -2.23. The van der Waals surface area contributed by atoms with Gasteiger partial charge in [0, 0.05) is 17.1 Å². The second kappa shape index (κ2) is 8.02. The summed E-state index contributed by atoms with van der Waals surface area (Å²) in [6, 6.07) is 11.2. The molecular formula is C19H20BrN3O4S. The molecule has 0 bridgehead atoms. The number of fused-ring (bicyclic) bond motifs is 1. The van der Waals surface area contributed by atoms with E-state index in [1.165, 1.54) is 22.5 Å². The molecule has 2 N–H and O–H groups in total. The molecule has 0 aliphatic heterocycles. The molecule has 0 saturated heterocycles.